The van der Waals surface area contributed by atoms with Crippen molar-refractivity contribution in [3.63, 3.8) is 0 Å². The average molecular weight is 282 g/mol. The lowest BCUT2D eigenvalue weighted by atomic mass is 10.2. The summed E-state index contributed by atoms with van der Waals surface area (Å²) in [7, 11) is -3.11. The second-order valence-corrected chi connectivity index (χ2v) is 7.11. The fraction of sp³-hybridized carbons (Fsp3) is 0.571. The molecule has 1 N–H and O–H groups in total. The molecule has 4 nitrogen and oxygen atoms in total. The van der Waals surface area contributed by atoms with Gasteiger partial charge in [0.25, 0.3) is 0 Å². The molecule has 0 radical (unpaired) electrons. The van der Waals surface area contributed by atoms with Crippen molar-refractivity contribution in [3.8, 4) is 0 Å². The van der Waals surface area contributed by atoms with E-state index in [4.69, 9.17) is 0 Å². The Hall–Kier alpha value is -1.07. The topological polar surface area (TPSA) is 49.4 Å². The minimum atomic E-state index is -3.11. The molecular weight excluding hydrogens is 260 g/mol. The quantitative estimate of drug-likeness (QED) is 0.892. The highest BCUT2D eigenvalue weighted by molar-refractivity contribution is 7.90. The van der Waals surface area contributed by atoms with E-state index in [1.54, 1.807) is 12.1 Å². The molecule has 0 bridgehead atoms. The van der Waals surface area contributed by atoms with Crippen molar-refractivity contribution in [2.75, 3.05) is 30.8 Å². The maximum Gasteiger partial charge on any atom is 0.175 e. The van der Waals surface area contributed by atoms with Gasteiger partial charge >= 0.3 is 0 Å². The zero-order valence-corrected chi connectivity index (χ0v) is 12.4. The summed E-state index contributed by atoms with van der Waals surface area (Å²) in [5, 5.41) is 3.49. The third-order valence-corrected chi connectivity index (χ3v) is 4.74. The van der Waals surface area contributed by atoms with Crippen molar-refractivity contribution in [3.05, 3.63) is 24.3 Å². The molecular formula is C14H22N2O2S. The van der Waals surface area contributed by atoms with Gasteiger partial charge in [0.2, 0.25) is 0 Å². The molecule has 1 aromatic rings. The van der Waals surface area contributed by atoms with Gasteiger partial charge in [0.05, 0.1) is 4.90 Å². The van der Waals surface area contributed by atoms with Gasteiger partial charge in [0.1, 0.15) is 0 Å². The van der Waals surface area contributed by atoms with E-state index in [1.165, 1.54) is 19.1 Å². The lowest BCUT2D eigenvalue weighted by molar-refractivity contribution is 0.586. The molecule has 1 fully saturated rings. The van der Waals surface area contributed by atoms with Gasteiger partial charge in [-0.25, -0.2) is 8.42 Å². The van der Waals surface area contributed by atoms with Crippen LogP contribution >= 0.6 is 0 Å². The van der Waals surface area contributed by atoms with Gasteiger partial charge in [0.15, 0.2) is 9.84 Å². The van der Waals surface area contributed by atoms with E-state index in [-0.39, 0.29) is 0 Å². The Balaban J connectivity index is 2.10. The molecule has 2 rings (SSSR count). The van der Waals surface area contributed by atoms with Gasteiger partial charge in [-0.1, -0.05) is 0 Å². The van der Waals surface area contributed by atoms with Crippen LogP contribution in [0.1, 0.15) is 19.8 Å². The summed E-state index contributed by atoms with van der Waals surface area (Å²) in [4.78, 5) is 2.67. The summed E-state index contributed by atoms with van der Waals surface area (Å²) in [5.74, 6) is 0. The van der Waals surface area contributed by atoms with Crippen LogP contribution in [0.15, 0.2) is 29.2 Å². The van der Waals surface area contributed by atoms with E-state index >= 15 is 0 Å². The summed E-state index contributed by atoms with van der Waals surface area (Å²) in [5.41, 5.74) is 1.09. The van der Waals surface area contributed by atoms with Gasteiger partial charge < -0.3 is 10.2 Å². The molecule has 0 spiro atoms. The summed E-state index contributed by atoms with van der Waals surface area (Å²) in [6.07, 6.45) is 3.70. The third-order valence-electron chi connectivity index (χ3n) is 3.61. The number of hydrogen-bond acceptors (Lipinski definition) is 4. The number of anilines is 1. The molecule has 0 aliphatic carbocycles. The molecule has 1 saturated heterocycles. The number of benzene rings is 1. The van der Waals surface area contributed by atoms with E-state index in [0.29, 0.717) is 10.9 Å². The van der Waals surface area contributed by atoms with Gasteiger partial charge in [-0.2, -0.15) is 0 Å². The first-order valence-corrected chi connectivity index (χ1v) is 8.68. The van der Waals surface area contributed by atoms with Crippen LogP contribution in [0.2, 0.25) is 0 Å². The van der Waals surface area contributed by atoms with Crippen molar-refractivity contribution in [1.29, 1.82) is 0 Å². The molecule has 1 heterocycles. The Bertz CT molecular complexity index is 505. The number of nitrogens with one attached hydrogen (secondary N) is 1. The van der Waals surface area contributed by atoms with Crippen LogP contribution in [0.25, 0.3) is 0 Å². The fourth-order valence-corrected chi connectivity index (χ4v) is 3.13. The van der Waals surface area contributed by atoms with E-state index < -0.39 is 9.84 Å². The SMILES string of the molecule is CCN(CC1CCCN1)c1ccc(S(C)(=O)=O)cc1. The number of sulfone groups is 1. The highest BCUT2D eigenvalue weighted by Gasteiger charge is 2.17. The van der Waals surface area contributed by atoms with Crippen LogP contribution in [0.3, 0.4) is 0 Å². The Labute approximate surface area is 115 Å². The maximum absolute atomic E-state index is 11.4. The normalized spacial score (nSPS) is 19.6. The predicted octanol–water partition coefficient (Wildman–Crippen LogP) is 1.67. The Morgan fingerprint density at radius 3 is 2.47 bits per heavy atom. The molecule has 19 heavy (non-hydrogen) atoms. The van der Waals surface area contributed by atoms with Crippen molar-refractivity contribution in [2.45, 2.75) is 30.7 Å². The number of rotatable bonds is 5. The molecule has 0 aromatic heterocycles. The van der Waals surface area contributed by atoms with E-state index in [9.17, 15) is 8.42 Å². The second-order valence-electron chi connectivity index (χ2n) is 5.10. The van der Waals surface area contributed by atoms with E-state index in [2.05, 4.69) is 17.1 Å². The third kappa shape index (κ3) is 3.70. The van der Waals surface area contributed by atoms with Crippen molar-refractivity contribution >= 4 is 15.5 Å². The van der Waals surface area contributed by atoms with Crippen LogP contribution in [-0.2, 0) is 9.84 Å². The molecule has 1 atom stereocenters. The van der Waals surface area contributed by atoms with E-state index in [1.807, 2.05) is 12.1 Å². The van der Waals surface area contributed by atoms with Gasteiger partial charge in [-0.15, -0.1) is 0 Å². The van der Waals surface area contributed by atoms with E-state index in [0.717, 1.165) is 25.3 Å². The smallest absolute Gasteiger partial charge is 0.175 e. The average Bonchev–Trinajstić information content (AvgIpc) is 2.88. The van der Waals surface area contributed by atoms with Gasteiger partial charge in [-0.05, 0) is 50.6 Å². The maximum atomic E-state index is 11.4. The Kier molecular flexibility index (Phi) is 4.47. The molecule has 1 aromatic carbocycles. The van der Waals surface area contributed by atoms with Crippen molar-refractivity contribution in [1.82, 2.24) is 5.32 Å². The fourth-order valence-electron chi connectivity index (χ4n) is 2.50. The van der Waals surface area contributed by atoms with Gasteiger partial charge in [-0.3, -0.25) is 0 Å². The molecule has 106 valence electrons. The minimum Gasteiger partial charge on any atom is -0.370 e. The Morgan fingerprint density at radius 1 is 1.32 bits per heavy atom. The summed E-state index contributed by atoms with van der Waals surface area (Å²) >= 11 is 0. The first-order valence-electron chi connectivity index (χ1n) is 6.79. The summed E-state index contributed by atoms with van der Waals surface area (Å²) in [6, 6.07) is 7.73. The van der Waals surface area contributed by atoms with Crippen molar-refractivity contribution < 1.29 is 8.42 Å². The molecule has 1 unspecified atom stereocenters. The lowest BCUT2D eigenvalue weighted by Gasteiger charge is -2.26. The summed E-state index contributed by atoms with van der Waals surface area (Å²) < 4.78 is 22.9. The number of hydrogen-bond donors (Lipinski definition) is 1. The lowest BCUT2D eigenvalue weighted by Crippen LogP contribution is -2.37. The highest BCUT2D eigenvalue weighted by atomic mass is 32.2. The highest BCUT2D eigenvalue weighted by Crippen LogP contribution is 2.19. The predicted molar refractivity (Wildman–Crippen MR) is 78.5 cm³/mol. The molecule has 0 saturated carbocycles. The van der Waals surface area contributed by atoms with Gasteiger partial charge in [0, 0.05) is 31.1 Å². The van der Waals surface area contributed by atoms with Crippen LogP contribution < -0.4 is 10.2 Å². The van der Waals surface area contributed by atoms with Crippen LogP contribution in [0.5, 0.6) is 0 Å². The first kappa shape index (κ1) is 14.3. The summed E-state index contributed by atoms with van der Waals surface area (Å²) in [6.45, 7) is 5.14. The van der Waals surface area contributed by atoms with Crippen LogP contribution in [0.4, 0.5) is 5.69 Å². The zero-order valence-electron chi connectivity index (χ0n) is 11.6. The monoisotopic (exact) mass is 282 g/mol. The standard InChI is InChI=1S/C14H22N2O2S/c1-3-16(11-12-5-4-10-15-12)13-6-8-14(9-7-13)19(2,17)18/h6-9,12,15H,3-5,10-11H2,1-2H3. The minimum absolute atomic E-state index is 0.381. The molecule has 0 amide bonds. The number of nitrogens with zero attached hydrogens (tertiary/aromatic N) is 1. The van der Waals surface area contributed by atoms with Crippen LogP contribution in [0, 0.1) is 0 Å². The first-order chi connectivity index (χ1) is 9.00. The zero-order chi connectivity index (χ0) is 13.9. The molecule has 5 heteroatoms. The molecule has 1 aliphatic heterocycles. The molecule has 1 aliphatic rings. The largest absolute Gasteiger partial charge is 0.370 e. The van der Waals surface area contributed by atoms with Crippen molar-refractivity contribution in [2.24, 2.45) is 0 Å². The van der Waals surface area contributed by atoms with Crippen LogP contribution in [-0.4, -0.2) is 40.3 Å². The number of likely N-dealkylation sites (N-methyl/N-ethyl adjacent to an activating group) is 1. The second kappa shape index (κ2) is 5.92. The Morgan fingerprint density at radius 2 is 2.00 bits per heavy atom.